The summed E-state index contributed by atoms with van der Waals surface area (Å²) >= 11 is 0. The Labute approximate surface area is 216 Å². The highest BCUT2D eigenvalue weighted by molar-refractivity contribution is 7.92. The highest BCUT2D eigenvalue weighted by Gasteiger charge is 2.34. The van der Waals surface area contributed by atoms with Gasteiger partial charge in [0, 0.05) is 6.07 Å². The van der Waals surface area contributed by atoms with Crippen molar-refractivity contribution in [2.75, 3.05) is 4.72 Å². The van der Waals surface area contributed by atoms with Crippen molar-refractivity contribution in [3.8, 4) is 17.2 Å². The number of fused-ring (bicyclic) bond motifs is 1. The molecule has 0 aliphatic carbocycles. The molecule has 0 fully saturated rings. The van der Waals surface area contributed by atoms with Gasteiger partial charge in [-0.05, 0) is 54.1 Å². The molecule has 7 nitrogen and oxygen atoms in total. The van der Waals surface area contributed by atoms with E-state index in [4.69, 9.17) is 4.74 Å². The molecule has 0 radical (unpaired) electrons. The van der Waals surface area contributed by atoms with Crippen LogP contribution in [-0.4, -0.2) is 20.6 Å². The molecule has 5 rings (SSSR count). The normalized spacial score (nSPS) is 13.0. The first-order valence-corrected chi connectivity index (χ1v) is 12.9. The van der Waals surface area contributed by atoms with E-state index in [0.717, 1.165) is 35.0 Å². The number of rotatable bonds is 8. The molecule has 4 aromatic rings. The minimum absolute atomic E-state index is 0.159. The monoisotopic (exact) mass is 540 g/mol. The fourth-order valence-corrected chi connectivity index (χ4v) is 5.06. The number of hydrogen-bond donors (Lipinski definition) is 2. The number of sulfonamides is 1. The zero-order valence-electron chi connectivity index (χ0n) is 19.6. The maximum atomic E-state index is 12.8. The van der Waals surface area contributed by atoms with Crippen molar-refractivity contribution >= 4 is 32.9 Å². The van der Waals surface area contributed by atoms with E-state index in [9.17, 15) is 21.6 Å². The molecule has 4 aromatic carbocycles. The van der Waals surface area contributed by atoms with E-state index < -0.39 is 27.0 Å². The summed E-state index contributed by atoms with van der Waals surface area (Å²) in [5.41, 5.74) is 2.51. The Morgan fingerprint density at radius 1 is 0.842 bits per heavy atom. The third-order valence-electron chi connectivity index (χ3n) is 5.52. The van der Waals surface area contributed by atoms with Gasteiger partial charge in [0.05, 0.1) is 12.1 Å². The molecule has 0 aromatic heterocycles. The summed E-state index contributed by atoms with van der Waals surface area (Å²) in [4.78, 5) is 3.96. The molecule has 0 saturated heterocycles. The smallest absolute Gasteiger partial charge is 0.457 e. The summed E-state index contributed by atoms with van der Waals surface area (Å²) in [6, 6.07) is 26.4. The number of nitrogens with zero attached hydrogens (tertiary/aromatic N) is 1. The van der Waals surface area contributed by atoms with Crippen molar-refractivity contribution in [2.45, 2.75) is 17.7 Å². The van der Waals surface area contributed by atoms with E-state index in [-0.39, 0.29) is 5.69 Å². The number of anilines is 1. The lowest BCUT2D eigenvalue weighted by Crippen LogP contribution is -2.81. The first-order valence-electron chi connectivity index (χ1n) is 11.4. The molecule has 1 aliphatic rings. The van der Waals surface area contributed by atoms with E-state index in [1.54, 1.807) is 6.07 Å². The van der Waals surface area contributed by atoms with Crippen molar-refractivity contribution in [3.05, 3.63) is 103 Å². The summed E-state index contributed by atoms with van der Waals surface area (Å²) in [7, 11) is -4.37. The Hall–Kier alpha value is -4.35. The van der Waals surface area contributed by atoms with Crippen LogP contribution < -0.4 is 19.5 Å². The second-order valence-corrected chi connectivity index (χ2v) is 10.0. The number of para-hydroxylation sites is 2. The number of quaternary nitrogens is 1. The molecule has 1 aliphatic heterocycles. The average molecular weight is 541 g/mol. The van der Waals surface area contributed by atoms with Gasteiger partial charge in [-0.2, -0.15) is 4.99 Å². The quantitative estimate of drug-likeness (QED) is 0.282. The van der Waals surface area contributed by atoms with Gasteiger partial charge in [-0.3, -0.25) is 10.0 Å². The minimum atomic E-state index is -5.03. The standard InChI is InChI=1S/C27H20F3N3O4S/c28-27(29,30)37-24-8-4-5-9-25(24)38(34,35)33-19-12-15-22-23(17-19)32-26(31-22)16-18-10-13-21(14-11-18)36-20-6-2-1-3-7-20/h1-15,17,33H,16H2,(H,31,32)/p+1. The van der Waals surface area contributed by atoms with E-state index in [1.807, 2.05) is 59.9 Å². The number of nitrogens with two attached hydrogens (primary N) is 1. The Morgan fingerprint density at radius 2 is 1.53 bits per heavy atom. The summed E-state index contributed by atoms with van der Waals surface area (Å²) in [5.74, 6) is 1.41. The lowest BCUT2D eigenvalue weighted by molar-refractivity contribution is -0.440. The van der Waals surface area contributed by atoms with Crippen LogP contribution >= 0.6 is 0 Å². The van der Waals surface area contributed by atoms with Gasteiger partial charge in [0.2, 0.25) is 5.84 Å². The first-order chi connectivity index (χ1) is 18.1. The van der Waals surface area contributed by atoms with Crippen LogP contribution in [-0.2, 0) is 16.4 Å². The second kappa shape index (κ2) is 10.2. The number of halogens is 3. The fraction of sp³-hybridized carbons (Fsp3) is 0.0741. The molecule has 11 heteroatoms. The topological polar surface area (TPSA) is 93.6 Å². The number of aliphatic imine (C=N–C) groups is 1. The van der Waals surface area contributed by atoms with E-state index in [0.29, 0.717) is 17.9 Å². The van der Waals surface area contributed by atoms with Crippen LogP contribution in [0.1, 0.15) is 5.56 Å². The number of nitrogens with one attached hydrogen (secondary N) is 1. The largest absolute Gasteiger partial charge is 0.573 e. The van der Waals surface area contributed by atoms with Crippen molar-refractivity contribution < 1.29 is 36.4 Å². The number of hydrogen-bond acceptors (Lipinski definition) is 5. The SMILES string of the molecule is O=S(=O)(Nc1ccc2c(c1)N=C(Cc1ccc(Oc3ccccc3)cc1)[NH2+]2)c1ccccc1OC(F)(F)F. The molecular weight excluding hydrogens is 519 g/mol. The minimum Gasteiger partial charge on any atom is -0.457 e. The van der Waals surface area contributed by atoms with Crippen molar-refractivity contribution in [3.63, 3.8) is 0 Å². The summed E-state index contributed by atoms with van der Waals surface area (Å²) in [6.45, 7) is 0. The summed E-state index contributed by atoms with van der Waals surface area (Å²) < 4.78 is 75.9. The zero-order valence-corrected chi connectivity index (χ0v) is 20.5. The molecule has 0 atom stereocenters. The van der Waals surface area contributed by atoms with Crippen LogP contribution in [0.5, 0.6) is 17.2 Å². The van der Waals surface area contributed by atoms with Crippen molar-refractivity contribution in [1.82, 2.24) is 0 Å². The Bertz CT molecular complexity index is 1590. The number of ether oxygens (including phenoxy) is 2. The summed E-state index contributed by atoms with van der Waals surface area (Å²) in [5, 5.41) is 1.90. The van der Waals surface area contributed by atoms with E-state index in [1.165, 1.54) is 24.3 Å². The number of amidine groups is 1. The molecule has 194 valence electrons. The Morgan fingerprint density at radius 3 is 2.26 bits per heavy atom. The van der Waals surface area contributed by atoms with Crippen LogP contribution in [0, 0.1) is 0 Å². The van der Waals surface area contributed by atoms with Gasteiger partial charge in [0.25, 0.3) is 10.0 Å². The van der Waals surface area contributed by atoms with Crippen molar-refractivity contribution in [1.29, 1.82) is 0 Å². The van der Waals surface area contributed by atoms with Crippen LogP contribution in [0.15, 0.2) is 107 Å². The van der Waals surface area contributed by atoms with Crippen LogP contribution in [0.4, 0.5) is 30.2 Å². The second-order valence-electron chi connectivity index (χ2n) is 8.36. The van der Waals surface area contributed by atoms with Gasteiger partial charge in [0.1, 0.15) is 27.8 Å². The molecule has 0 spiro atoms. The molecule has 0 saturated carbocycles. The number of benzene rings is 4. The predicted molar refractivity (Wildman–Crippen MR) is 136 cm³/mol. The van der Waals surface area contributed by atoms with Gasteiger partial charge in [-0.25, -0.2) is 8.42 Å². The molecule has 1 heterocycles. The lowest BCUT2D eigenvalue weighted by atomic mass is 10.1. The third-order valence-corrected chi connectivity index (χ3v) is 6.94. The Kier molecular flexibility index (Phi) is 6.79. The highest BCUT2D eigenvalue weighted by atomic mass is 32.2. The van der Waals surface area contributed by atoms with Crippen molar-refractivity contribution in [2.24, 2.45) is 4.99 Å². The third kappa shape index (κ3) is 6.13. The van der Waals surface area contributed by atoms with Crippen LogP contribution in [0.25, 0.3) is 0 Å². The van der Waals surface area contributed by atoms with Gasteiger partial charge in [-0.15, -0.1) is 13.2 Å². The highest BCUT2D eigenvalue weighted by Crippen LogP contribution is 2.33. The van der Waals surface area contributed by atoms with Gasteiger partial charge in [0.15, 0.2) is 5.69 Å². The molecular formula is C27H21F3N3O4S+. The van der Waals surface area contributed by atoms with Gasteiger partial charge < -0.3 is 9.47 Å². The number of alkyl halides is 3. The Balaban J connectivity index is 1.28. The molecule has 0 amide bonds. The van der Waals surface area contributed by atoms with Crippen LogP contribution in [0.3, 0.4) is 0 Å². The molecule has 3 N–H and O–H groups in total. The summed E-state index contributed by atoms with van der Waals surface area (Å²) in [6.07, 6.45) is -4.49. The molecule has 38 heavy (non-hydrogen) atoms. The first kappa shape index (κ1) is 25.3. The van der Waals surface area contributed by atoms with Crippen LogP contribution in [0.2, 0.25) is 0 Å². The molecule has 0 bridgehead atoms. The average Bonchev–Trinajstić information content (AvgIpc) is 3.26. The van der Waals surface area contributed by atoms with E-state index >= 15 is 0 Å². The van der Waals surface area contributed by atoms with E-state index in [2.05, 4.69) is 14.5 Å². The molecule has 0 unspecified atom stereocenters. The maximum Gasteiger partial charge on any atom is 0.573 e. The van der Waals surface area contributed by atoms with Gasteiger partial charge in [-0.1, -0.05) is 42.5 Å². The zero-order chi connectivity index (χ0) is 26.8. The maximum absolute atomic E-state index is 12.8. The fourth-order valence-electron chi connectivity index (χ4n) is 3.88. The predicted octanol–water partition coefficient (Wildman–Crippen LogP) is 5.66. The van der Waals surface area contributed by atoms with Gasteiger partial charge >= 0.3 is 6.36 Å². The lowest BCUT2D eigenvalue weighted by Gasteiger charge is -2.14.